The van der Waals surface area contributed by atoms with Crippen molar-refractivity contribution in [2.45, 2.75) is 0 Å². The van der Waals surface area contributed by atoms with Gasteiger partial charge in [-0.25, -0.2) is 0 Å². The number of halogens is 1. The molecule has 26 heavy (non-hydrogen) atoms. The second kappa shape index (κ2) is 6.77. The summed E-state index contributed by atoms with van der Waals surface area (Å²) in [5.74, 6) is -1.83. The summed E-state index contributed by atoms with van der Waals surface area (Å²) in [6.07, 6.45) is 0. The minimum Gasteiger partial charge on any atom is -0.504 e. The highest BCUT2D eigenvalue weighted by atomic mass is 35.5. The van der Waals surface area contributed by atoms with E-state index in [0.717, 1.165) is 12.1 Å². The number of aromatic amines is 1. The van der Waals surface area contributed by atoms with Crippen molar-refractivity contribution in [1.29, 1.82) is 0 Å². The number of non-ortho nitro benzene ring substituents is 1. The second-order valence-electron chi connectivity index (χ2n) is 5.26. The lowest BCUT2D eigenvalue weighted by molar-refractivity contribution is -0.384. The molecular weight excluding hydrogens is 362 g/mol. The summed E-state index contributed by atoms with van der Waals surface area (Å²) in [4.78, 5) is 34.9. The highest BCUT2D eigenvalue weighted by Crippen LogP contribution is 2.25. The number of nitro benzene ring substituents is 1. The predicted molar refractivity (Wildman–Crippen MR) is 91.7 cm³/mol. The Kier molecular flexibility index (Phi) is 4.51. The fraction of sp³-hybridized carbons (Fsp3) is 0. The molecular formula is C17H10ClN3O5. The molecule has 3 rings (SSSR count). The van der Waals surface area contributed by atoms with E-state index in [0.29, 0.717) is 5.02 Å². The van der Waals surface area contributed by atoms with Crippen LogP contribution in [-0.2, 0) is 0 Å². The first-order chi connectivity index (χ1) is 12.4. The lowest BCUT2D eigenvalue weighted by atomic mass is 10.0. The number of rotatable bonds is 5. The SMILES string of the molecule is O=C(c1ccc([N+](=O)[O-])cc1)c1n[nH]c(C(=O)c2ccc(Cl)cc2)c1O. The van der Waals surface area contributed by atoms with Gasteiger partial charge in [0.05, 0.1) is 4.92 Å². The van der Waals surface area contributed by atoms with Gasteiger partial charge in [0.1, 0.15) is 5.69 Å². The van der Waals surface area contributed by atoms with Crippen LogP contribution in [0.15, 0.2) is 48.5 Å². The summed E-state index contributed by atoms with van der Waals surface area (Å²) in [7, 11) is 0. The lowest BCUT2D eigenvalue weighted by Gasteiger charge is -2.00. The number of hydrogen-bond donors (Lipinski definition) is 2. The highest BCUT2D eigenvalue weighted by Gasteiger charge is 2.25. The van der Waals surface area contributed by atoms with Gasteiger partial charge in [0.25, 0.3) is 5.69 Å². The van der Waals surface area contributed by atoms with E-state index in [4.69, 9.17) is 11.6 Å². The van der Waals surface area contributed by atoms with Crippen molar-refractivity contribution in [3.63, 3.8) is 0 Å². The third kappa shape index (κ3) is 3.17. The van der Waals surface area contributed by atoms with Gasteiger partial charge in [0.2, 0.25) is 11.6 Å². The normalized spacial score (nSPS) is 10.5. The number of nitro groups is 1. The molecule has 130 valence electrons. The van der Waals surface area contributed by atoms with Gasteiger partial charge in [-0.3, -0.25) is 24.8 Å². The van der Waals surface area contributed by atoms with Crippen LogP contribution in [-0.4, -0.2) is 31.8 Å². The second-order valence-corrected chi connectivity index (χ2v) is 5.70. The molecule has 8 nitrogen and oxygen atoms in total. The van der Waals surface area contributed by atoms with Crippen LogP contribution in [0, 0.1) is 10.1 Å². The molecule has 0 amide bonds. The molecule has 0 saturated carbocycles. The van der Waals surface area contributed by atoms with Gasteiger partial charge in [-0.15, -0.1) is 0 Å². The monoisotopic (exact) mass is 371 g/mol. The molecule has 0 atom stereocenters. The average molecular weight is 372 g/mol. The summed E-state index contributed by atoms with van der Waals surface area (Å²) in [6, 6.07) is 10.8. The topological polar surface area (TPSA) is 126 Å². The van der Waals surface area contributed by atoms with Crippen molar-refractivity contribution in [1.82, 2.24) is 10.2 Å². The van der Waals surface area contributed by atoms with E-state index in [1.165, 1.54) is 36.4 Å². The van der Waals surface area contributed by atoms with Crippen LogP contribution in [0.4, 0.5) is 5.69 Å². The van der Waals surface area contributed by atoms with Crippen LogP contribution in [0.2, 0.25) is 5.02 Å². The molecule has 0 unspecified atom stereocenters. The standard InChI is InChI=1S/C17H10ClN3O5/c18-11-5-1-9(2-6-11)15(22)13-17(24)14(20-19-13)16(23)10-3-7-12(8-4-10)21(25)26/h1-8,24H,(H,19,20). The summed E-state index contributed by atoms with van der Waals surface area (Å²) in [6.45, 7) is 0. The average Bonchev–Trinajstić information content (AvgIpc) is 3.02. The summed E-state index contributed by atoms with van der Waals surface area (Å²) in [5.41, 5.74) is -0.425. The van der Waals surface area contributed by atoms with Gasteiger partial charge in [-0.1, -0.05) is 11.6 Å². The van der Waals surface area contributed by atoms with Gasteiger partial charge in [0.15, 0.2) is 11.4 Å². The number of aromatic nitrogens is 2. The van der Waals surface area contributed by atoms with Crippen LogP contribution in [0.25, 0.3) is 0 Å². The summed E-state index contributed by atoms with van der Waals surface area (Å²) in [5, 5.41) is 27.4. The Hall–Kier alpha value is -3.52. The zero-order valence-corrected chi connectivity index (χ0v) is 13.7. The van der Waals surface area contributed by atoms with Crippen LogP contribution < -0.4 is 0 Å². The highest BCUT2D eigenvalue weighted by molar-refractivity contribution is 6.30. The Morgan fingerprint density at radius 3 is 2.12 bits per heavy atom. The minimum absolute atomic E-state index is 0.0860. The van der Waals surface area contributed by atoms with Gasteiger partial charge in [-0.05, 0) is 36.4 Å². The van der Waals surface area contributed by atoms with Crippen LogP contribution >= 0.6 is 11.6 Å². The van der Waals surface area contributed by atoms with Crippen LogP contribution in [0.3, 0.4) is 0 Å². The number of benzene rings is 2. The molecule has 2 N–H and O–H groups in total. The largest absolute Gasteiger partial charge is 0.504 e. The maximum Gasteiger partial charge on any atom is 0.269 e. The number of nitrogens with zero attached hydrogens (tertiary/aromatic N) is 2. The Bertz CT molecular complexity index is 1010. The molecule has 0 aliphatic carbocycles. The molecule has 0 bridgehead atoms. The molecule has 0 aliphatic heterocycles. The van der Waals surface area contributed by atoms with E-state index in [9.17, 15) is 24.8 Å². The van der Waals surface area contributed by atoms with E-state index in [1.54, 1.807) is 0 Å². The van der Waals surface area contributed by atoms with Gasteiger partial charge in [-0.2, -0.15) is 5.10 Å². The van der Waals surface area contributed by atoms with Crippen molar-refractivity contribution in [3.8, 4) is 5.75 Å². The molecule has 1 aromatic heterocycles. The number of aromatic hydroxyl groups is 1. The predicted octanol–water partition coefficient (Wildman–Crippen LogP) is 3.14. The fourth-order valence-electron chi connectivity index (χ4n) is 2.27. The number of carbonyl (C=O) groups is 2. The zero-order chi connectivity index (χ0) is 18.8. The van der Waals surface area contributed by atoms with Gasteiger partial charge in [0, 0.05) is 28.3 Å². The number of ketones is 2. The molecule has 0 aliphatic rings. The molecule has 3 aromatic rings. The van der Waals surface area contributed by atoms with Crippen molar-refractivity contribution >= 4 is 28.9 Å². The first kappa shape index (κ1) is 17.3. The number of hydrogen-bond acceptors (Lipinski definition) is 6. The van der Waals surface area contributed by atoms with E-state index in [-0.39, 0.29) is 28.2 Å². The zero-order valence-electron chi connectivity index (χ0n) is 13.0. The Balaban J connectivity index is 1.90. The first-order valence-corrected chi connectivity index (χ1v) is 7.63. The number of H-pyrrole nitrogens is 1. The van der Waals surface area contributed by atoms with E-state index in [2.05, 4.69) is 10.2 Å². The molecule has 0 radical (unpaired) electrons. The lowest BCUT2D eigenvalue weighted by Crippen LogP contribution is -2.03. The van der Waals surface area contributed by atoms with Gasteiger partial charge < -0.3 is 5.11 Å². The minimum atomic E-state index is -0.677. The van der Waals surface area contributed by atoms with Crippen LogP contribution in [0.5, 0.6) is 5.75 Å². The summed E-state index contributed by atoms with van der Waals surface area (Å²) >= 11 is 5.77. The van der Waals surface area contributed by atoms with Crippen molar-refractivity contribution in [2.24, 2.45) is 0 Å². The fourth-order valence-corrected chi connectivity index (χ4v) is 2.40. The number of nitrogens with one attached hydrogen (secondary N) is 1. The Morgan fingerprint density at radius 1 is 1.00 bits per heavy atom. The first-order valence-electron chi connectivity index (χ1n) is 7.25. The van der Waals surface area contributed by atoms with Crippen molar-refractivity contribution in [3.05, 3.63) is 86.2 Å². The maximum atomic E-state index is 12.4. The van der Waals surface area contributed by atoms with E-state index >= 15 is 0 Å². The summed E-state index contributed by atoms with van der Waals surface area (Å²) < 4.78 is 0. The molecule has 1 heterocycles. The third-order valence-corrected chi connectivity index (χ3v) is 3.88. The molecule has 0 spiro atoms. The van der Waals surface area contributed by atoms with E-state index < -0.39 is 22.2 Å². The van der Waals surface area contributed by atoms with Crippen LogP contribution in [0.1, 0.15) is 32.1 Å². The third-order valence-electron chi connectivity index (χ3n) is 3.63. The smallest absolute Gasteiger partial charge is 0.269 e. The molecule has 2 aromatic carbocycles. The Morgan fingerprint density at radius 2 is 1.54 bits per heavy atom. The van der Waals surface area contributed by atoms with Crippen molar-refractivity contribution in [2.75, 3.05) is 0 Å². The maximum absolute atomic E-state index is 12.4. The van der Waals surface area contributed by atoms with Gasteiger partial charge >= 0.3 is 0 Å². The van der Waals surface area contributed by atoms with E-state index in [1.807, 2.05) is 0 Å². The molecule has 0 fully saturated rings. The molecule has 9 heteroatoms. The Labute approximate surface area is 151 Å². The van der Waals surface area contributed by atoms with Crippen molar-refractivity contribution < 1.29 is 19.6 Å². The number of carbonyl (C=O) groups excluding carboxylic acids is 2. The quantitative estimate of drug-likeness (QED) is 0.403. The molecule has 0 saturated heterocycles.